The molecule has 18 heavy (non-hydrogen) atoms. The van der Waals surface area contributed by atoms with E-state index in [4.69, 9.17) is 14.2 Å². The van der Waals surface area contributed by atoms with Crippen molar-refractivity contribution in [3.8, 4) is 0 Å². The largest absolute Gasteiger partial charge is 0.389 e. The van der Waals surface area contributed by atoms with Crippen molar-refractivity contribution in [1.82, 2.24) is 5.32 Å². The fourth-order valence-corrected chi connectivity index (χ4v) is 1.33. The van der Waals surface area contributed by atoms with Gasteiger partial charge in [0.05, 0.1) is 32.0 Å². The van der Waals surface area contributed by atoms with Crippen LogP contribution in [0, 0.1) is 0 Å². The molecule has 0 fully saturated rings. The minimum absolute atomic E-state index is 0.227. The normalized spacial score (nSPS) is 13.2. The molecule has 0 saturated heterocycles. The Morgan fingerprint density at radius 1 is 1.11 bits per heavy atom. The number of aliphatic hydroxyl groups excluding tert-OH is 1. The quantitative estimate of drug-likeness (QED) is 0.481. The van der Waals surface area contributed by atoms with Gasteiger partial charge < -0.3 is 24.6 Å². The second kappa shape index (κ2) is 13.2. The molecule has 0 spiro atoms. The second-order valence-electron chi connectivity index (χ2n) is 4.40. The van der Waals surface area contributed by atoms with Crippen molar-refractivity contribution in [2.24, 2.45) is 0 Å². The van der Waals surface area contributed by atoms with Crippen molar-refractivity contribution in [1.29, 1.82) is 0 Å². The van der Waals surface area contributed by atoms with Crippen LogP contribution >= 0.6 is 0 Å². The molecule has 0 aromatic rings. The zero-order valence-corrected chi connectivity index (χ0v) is 12.0. The maximum absolute atomic E-state index is 9.60. The summed E-state index contributed by atoms with van der Waals surface area (Å²) in [5, 5.41) is 12.8. The minimum Gasteiger partial charge on any atom is -0.389 e. The molecule has 110 valence electrons. The molecule has 1 atom stereocenters. The van der Waals surface area contributed by atoms with Gasteiger partial charge in [-0.05, 0) is 33.7 Å². The van der Waals surface area contributed by atoms with Crippen LogP contribution in [-0.4, -0.2) is 63.4 Å². The summed E-state index contributed by atoms with van der Waals surface area (Å²) in [6.07, 6.45) is 0.727. The van der Waals surface area contributed by atoms with Gasteiger partial charge in [-0.1, -0.05) is 0 Å². The lowest BCUT2D eigenvalue weighted by Crippen LogP contribution is -2.31. The van der Waals surface area contributed by atoms with E-state index in [0.29, 0.717) is 26.4 Å². The summed E-state index contributed by atoms with van der Waals surface area (Å²) in [5.41, 5.74) is 0. The highest BCUT2D eigenvalue weighted by molar-refractivity contribution is 4.58. The monoisotopic (exact) mass is 263 g/mol. The number of rotatable bonds is 13. The van der Waals surface area contributed by atoms with Crippen molar-refractivity contribution in [2.75, 3.05) is 46.1 Å². The highest BCUT2D eigenvalue weighted by atomic mass is 16.5. The first-order chi connectivity index (χ1) is 8.66. The van der Waals surface area contributed by atoms with E-state index >= 15 is 0 Å². The Hall–Kier alpha value is -0.200. The average molecular weight is 263 g/mol. The van der Waals surface area contributed by atoms with Gasteiger partial charge in [-0.2, -0.15) is 0 Å². The van der Waals surface area contributed by atoms with E-state index in [-0.39, 0.29) is 6.10 Å². The molecule has 5 nitrogen and oxygen atoms in total. The first kappa shape index (κ1) is 17.8. The summed E-state index contributed by atoms with van der Waals surface area (Å²) in [4.78, 5) is 0. The Morgan fingerprint density at radius 2 is 1.89 bits per heavy atom. The number of hydrogen-bond acceptors (Lipinski definition) is 5. The SMILES string of the molecule is CCOCCCNCC(O)COCCOC(C)C. The topological polar surface area (TPSA) is 60.0 Å². The lowest BCUT2D eigenvalue weighted by molar-refractivity contribution is -0.0100. The summed E-state index contributed by atoms with van der Waals surface area (Å²) in [5.74, 6) is 0. The summed E-state index contributed by atoms with van der Waals surface area (Å²) in [6.45, 7) is 10.3. The van der Waals surface area contributed by atoms with Crippen LogP contribution in [0.15, 0.2) is 0 Å². The fraction of sp³-hybridized carbons (Fsp3) is 1.00. The van der Waals surface area contributed by atoms with Crippen LogP contribution in [0.3, 0.4) is 0 Å². The highest BCUT2D eigenvalue weighted by Crippen LogP contribution is 1.89. The van der Waals surface area contributed by atoms with Gasteiger partial charge in [0, 0.05) is 19.8 Å². The van der Waals surface area contributed by atoms with Crippen molar-refractivity contribution < 1.29 is 19.3 Å². The standard InChI is InChI=1S/C13H29NO4/c1-4-16-7-5-6-14-10-13(15)11-17-8-9-18-12(2)3/h12-15H,4-11H2,1-3H3. The van der Waals surface area contributed by atoms with Crippen LogP contribution in [-0.2, 0) is 14.2 Å². The van der Waals surface area contributed by atoms with Gasteiger partial charge in [0.15, 0.2) is 0 Å². The molecule has 0 heterocycles. The third kappa shape index (κ3) is 13.9. The molecule has 0 aromatic heterocycles. The molecule has 1 unspecified atom stereocenters. The molecule has 0 rings (SSSR count). The molecule has 0 aliphatic carbocycles. The van der Waals surface area contributed by atoms with Crippen molar-refractivity contribution in [3.63, 3.8) is 0 Å². The third-order valence-corrected chi connectivity index (χ3v) is 2.22. The van der Waals surface area contributed by atoms with Gasteiger partial charge >= 0.3 is 0 Å². The van der Waals surface area contributed by atoms with E-state index in [0.717, 1.165) is 26.2 Å². The minimum atomic E-state index is -0.462. The maximum atomic E-state index is 9.60. The first-order valence-electron chi connectivity index (χ1n) is 6.82. The van der Waals surface area contributed by atoms with E-state index in [9.17, 15) is 5.11 Å². The zero-order chi connectivity index (χ0) is 13.6. The van der Waals surface area contributed by atoms with Gasteiger partial charge in [-0.15, -0.1) is 0 Å². The number of hydrogen-bond donors (Lipinski definition) is 2. The molecule has 0 amide bonds. The molecule has 0 bridgehead atoms. The van der Waals surface area contributed by atoms with Gasteiger partial charge in [0.2, 0.25) is 0 Å². The number of aliphatic hydroxyl groups is 1. The van der Waals surface area contributed by atoms with Crippen LogP contribution in [0.25, 0.3) is 0 Å². The Labute approximate surface area is 111 Å². The Bertz CT molecular complexity index is 167. The van der Waals surface area contributed by atoms with Gasteiger partial charge in [0.25, 0.3) is 0 Å². The summed E-state index contributed by atoms with van der Waals surface area (Å²) in [7, 11) is 0. The Morgan fingerprint density at radius 3 is 2.56 bits per heavy atom. The lowest BCUT2D eigenvalue weighted by atomic mass is 10.3. The van der Waals surface area contributed by atoms with E-state index in [1.807, 2.05) is 20.8 Å². The maximum Gasteiger partial charge on any atom is 0.0897 e. The Kier molecular flexibility index (Phi) is 13.1. The molecule has 0 aliphatic rings. The van der Waals surface area contributed by atoms with Crippen molar-refractivity contribution in [3.05, 3.63) is 0 Å². The second-order valence-corrected chi connectivity index (χ2v) is 4.40. The summed E-state index contributed by atoms with van der Waals surface area (Å²) >= 11 is 0. The van der Waals surface area contributed by atoms with E-state index in [1.54, 1.807) is 0 Å². The predicted octanol–water partition coefficient (Wildman–Crippen LogP) is 0.805. The van der Waals surface area contributed by atoms with Gasteiger partial charge in [-0.25, -0.2) is 0 Å². The highest BCUT2D eigenvalue weighted by Gasteiger charge is 2.03. The van der Waals surface area contributed by atoms with Crippen LogP contribution < -0.4 is 5.32 Å². The molecule has 5 heteroatoms. The molecule has 0 saturated carbocycles. The van der Waals surface area contributed by atoms with Crippen molar-refractivity contribution in [2.45, 2.75) is 39.4 Å². The van der Waals surface area contributed by atoms with Gasteiger partial charge in [0.1, 0.15) is 0 Å². The predicted molar refractivity (Wildman–Crippen MR) is 71.9 cm³/mol. The van der Waals surface area contributed by atoms with Crippen LogP contribution in [0.4, 0.5) is 0 Å². The van der Waals surface area contributed by atoms with E-state index < -0.39 is 6.10 Å². The molecule has 0 aliphatic heterocycles. The summed E-state index contributed by atoms with van der Waals surface area (Å²) < 4.78 is 15.8. The fourth-order valence-electron chi connectivity index (χ4n) is 1.33. The van der Waals surface area contributed by atoms with Crippen LogP contribution in [0.1, 0.15) is 27.2 Å². The molecule has 0 radical (unpaired) electrons. The molecular formula is C13H29NO4. The first-order valence-corrected chi connectivity index (χ1v) is 6.82. The summed E-state index contributed by atoms with van der Waals surface area (Å²) in [6, 6.07) is 0. The Balaban J connectivity index is 3.15. The number of nitrogens with one attached hydrogen (secondary N) is 1. The van der Waals surface area contributed by atoms with Crippen molar-refractivity contribution >= 4 is 0 Å². The molecular weight excluding hydrogens is 234 g/mol. The van der Waals surface area contributed by atoms with E-state index in [1.165, 1.54) is 0 Å². The molecule has 2 N–H and O–H groups in total. The van der Waals surface area contributed by atoms with E-state index in [2.05, 4.69) is 5.32 Å². The average Bonchev–Trinajstić information content (AvgIpc) is 2.33. The van der Waals surface area contributed by atoms with Crippen LogP contribution in [0.5, 0.6) is 0 Å². The van der Waals surface area contributed by atoms with Crippen LogP contribution in [0.2, 0.25) is 0 Å². The lowest BCUT2D eigenvalue weighted by Gasteiger charge is -2.13. The zero-order valence-electron chi connectivity index (χ0n) is 12.0. The van der Waals surface area contributed by atoms with Gasteiger partial charge in [-0.3, -0.25) is 0 Å². The smallest absolute Gasteiger partial charge is 0.0897 e. The molecule has 0 aromatic carbocycles. The number of ether oxygens (including phenoxy) is 3. The third-order valence-electron chi connectivity index (χ3n) is 2.22.